The summed E-state index contributed by atoms with van der Waals surface area (Å²) in [5, 5.41) is 6.53. The second-order valence-corrected chi connectivity index (χ2v) is 8.42. The molecular formula is C26H23BrClNO2. The minimum Gasteiger partial charge on any atom is -0.490 e. The lowest BCUT2D eigenvalue weighted by molar-refractivity contribution is 0.268. The van der Waals surface area contributed by atoms with Crippen LogP contribution in [-0.4, -0.2) is 6.61 Å². The summed E-state index contributed by atoms with van der Waals surface area (Å²) in [7, 11) is 0. The molecule has 0 saturated heterocycles. The quantitative estimate of drug-likeness (QED) is 0.269. The third kappa shape index (κ3) is 5.33. The normalized spacial score (nSPS) is 10.8. The van der Waals surface area contributed by atoms with Crippen molar-refractivity contribution in [2.75, 3.05) is 11.9 Å². The maximum atomic E-state index is 6.24. The van der Waals surface area contributed by atoms with Crippen molar-refractivity contribution in [2.24, 2.45) is 0 Å². The molecule has 31 heavy (non-hydrogen) atoms. The van der Waals surface area contributed by atoms with Crippen molar-refractivity contribution in [3.8, 4) is 11.5 Å². The summed E-state index contributed by atoms with van der Waals surface area (Å²) in [6.45, 7) is 3.65. The lowest BCUT2D eigenvalue weighted by Gasteiger charge is -2.17. The number of hydrogen-bond donors (Lipinski definition) is 1. The zero-order valence-electron chi connectivity index (χ0n) is 17.2. The highest BCUT2D eigenvalue weighted by atomic mass is 79.9. The molecule has 0 saturated carbocycles. The van der Waals surface area contributed by atoms with Gasteiger partial charge >= 0.3 is 0 Å². The Labute approximate surface area is 196 Å². The van der Waals surface area contributed by atoms with E-state index in [-0.39, 0.29) is 0 Å². The molecule has 3 nitrogen and oxygen atoms in total. The van der Waals surface area contributed by atoms with Gasteiger partial charge in [0.25, 0.3) is 0 Å². The molecule has 0 unspecified atom stereocenters. The number of nitrogens with one attached hydrogen (secondary N) is 1. The van der Waals surface area contributed by atoms with E-state index in [4.69, 9.17) is 21.1 Å². The fourth-order valence-corrected chi connectivity index (χ4v) is 4.20. The van der Waals surface area contributed by atoms with Crippen LogP contribution in [0.4, 0.5) is 5.69 Å². The standard InChI is InChI=1S/C26H23BrClNO2/c1-2-30-25-15-18(16-29-22-12-10-21(28)11-13-22)14-24(27)26(25)31-17-20-8-5-7-19-6-3-4-9-23(19)20/h3-15,29H,2,16-17H2,1H3. The Hall–Kier alpha value is -2.69. The first-order valence-corrected chi connectivity index (χ1v) is 11.3. The van der Waals surface area contributed by atoms with E-state index in [9.17, 15) is 0 Å². The number of benzene rings is 4. The number of fused-ring (bicyclic) bond motifs is 1. The molecule has 0 radical (unpaired) electrons. The topological polar surface area (TPSA) is 30.5 Å². The van der Waals surface area contributed by atoms with Crippen LogP contribution in [0.1, 0.15) is 18.1 Å². The second kappa shape index (κ2) is 10.1. The SMILES string of the molecule is CCOc1cc(CNc2ccc(Cl)cc2)cc(Br)c1OCc1cccc2ccccc12. The van der Waals surface area contributed by atoms with Crippen LogP contribution in [0.5, 0.6) is 11.5 Å². The molecule has 0 aromatic heterocycles. The molecule has 4 aromatic rings. The van der Waals surface area contributed by atoms with E-state index < -0.39 is 0 Å². The number of rotatable bonds is 8. The largest absolute Gasteiger partial charge is 0.490 e. The van der Waals surface area contributed by atoms with Crippen molar-refractivity contribution < 1.29 is 9.47 Å². The molecule has 1 N–H and O–H groups in total. The average Bonchev–Trinajstić information content (AvgIpc) is 2.78. The van der Waals surface area contributed by atoms with Crippen LogP contribution < -0.4 is 14.8 Å². The zero-order chi connectivity index (χ0) is 21.6. The summed E-state index contributed by atoms with van der Waals surface area (Å²) in [5.41, 5.74) is 3.23. The number of halogens is 2. The van der Waals surface area contributed by atoms with Crippen molar-refractivity contribution >= 4 is 44.0 Å². The smallest absolute Gasteiger partial charge is 0.175 e. The van der Waals surface area contributed by atoms with Crippen LogP contribution in [0.25, 0.3) is 10.8 Å². The summed E-state index contributed by atoms with van der Waals surface area (Å²) in [4.78, 5) is 0. The molecule has 0 aliphatic carbocycles. The summed E-state index contributed by atoms with van der Waals surface area (Å²) < 4.78 is 13.0. The first-order valence-electron chi connectivity index (χ1n) is 10.2. The minimum absolute atomic E-state index is 0.461. The summed E-state index contributed by atoms with van der Waals surface area (Å²) >= 11 is 9.64. The van der Waals surface area contributed by atoms with Gasteiger partial charge in [-0.1, -0.05) is 54.1 Å². The molecule has 0 aliphatic rings. The fourth-order valence-electron chi connectivity index (χ4n) is 3.47. The Morgan fingerprint density at radius 2 is 1.68 bits per heavy atom. The van der Waals surface area contributed by atoms with E-state index in [2.05, 4.69) is 63.7 Å². The molecule has 0 heterocycles. The highest BCUT2D eigenvalue weighted by molar-refractivity contribution is 9.10. The van der Waals surface area contributed by atoms with Gasteiger partial charge in [-0.3, -0.25) is 0 Å². The van der Waals surface area contributed by atoms with E-state index in [1.165, 1.54) is 10.8 Å². The van der Waals surface area contributed by atoms with Crippen molar-refractivity contribution in [3.05, 3.63) is 99.5 Å². The van der Waals surface area contributed by atoms with Crippen LogP contribution in [-0.2, 0) is 13.2 Å². The van der Waals surface area contributed by atoms with E-state index >= 15 is 0 Å². The third-order valence-corrected chi connectivity index (χ3v) is 5.80. The van der Waals surface area contributed by atoms with Gasteiger partial charge in [0.1, 0.15) is 6.61 Å². The van der Waals surface area contributed by atoms with Crippen molar-refractivity contribution in [1.29, 1.82) is 0 Å². The van der Waals surface area contributed by atoms with Gasteiger partial charge in [-0.2, -0.15) is 0 Å². The Balaban J connectivity index is 1.53. The van der Waals surface area contributed by atoms with Crippen molar-refractivity contribution in [1.82, 2.24) is 0 Å². The number of anilines is 1. The minimum atomic E-state index is 0.461. The predicted octanol–water partition coefficient (Wildman–Crippen LogP) is 7.85. The molecule has 0 amide bonds. The van der Waals surface area contributed by atoms with Gasteiger partial charge in [0.2, 0.25) is 0 Å². The van der Waals surface area contributed by atoms with Gasteiger partial charge in [-0.05, 0) is 81.2 Å². The molecule has 0 bridgehead atoms. The highest BCUT2D eigenvalue weighted by Crippen LogP contribution is 2.38. The first-order chi connectivity index (χ1) is 15.1. The van der Waals surface area contributed by atoms with E-state index in [1.54, 1.807) is 0 Å². The van der Waals surface area contributed by atoms with Crippen molar-refractivity contribution in [2.45, 2.75) is 20.1 Å². The third-order valence-electron chi connectivity index (χ3n) is 4.96. The zero-order valence-corrected chi connectivity index (χ0v) is 19.5. The summed E-state index contributed by atoms with van der Waals surface area (Å²) in [6, 6.07) is 26.4. The van der Waals surface area contributed by atoms with Crippen LogP contribution >= 0.6 is 27.5 Å². The van der Waals surface area contributed by atoms with Gasteiger partial charge in [-0.25, -0.2) is 0 Å². The van der Waals surface area contributed by atoms with E-state index in [0.29, 0.717) is 25.5 Å². The lowest BCUT2D eigenvalue weighted by Crippen LogP contribution is -2.04. The van der Waals surface area contributed by atoms with E-state index in [0.717, 1.165) is 32.1 Å². The Morgan fingerprint density at radius 1 is 0.903 bits per heavy atom. The first kappa shape index (κ1) is 21.5. The Morgan fingerprint density at radius 3 is 2.48 bits per heavy atom. The predicted molar refractivity (Wildman–Crippen MR) is 132 cm³/mol. The lowest BCUT2D eigenvalue weighted by atomic mass is 10.1. The van der Waals surface area contributed by atoms with Gasteiger partial charge in [0.15, 0.2) is 11.5 Å². The maximum absolute atomic E-state index is 6.24. The molecular weight excluding hydrogens is 474 g/mol. The van der Waals surface area contributed by atoms with Gasteiger partial charge < -0.3 is 14.8 Å². The van der Waals surface area contributed by atoms with Crippen LogP contribution in [0.15, 0.2) is 83.3 Å². The molecule has 5 heteroatoms. The Bertz CT molecular complexity index is 1170. The van der Waals surface area contributed by atoms with Gasteiger partial charge in [0.05, 0.1) is 11.1 Å². The Kier molecular flexibility index (Phi) is 7.00. The van der Waals surface area contributed by atoms with Gasteiger partial charge in [0, 0.05) is 17.3 Å². The van der Waals surface area contributed by atoms with Crippen LogP contribution in [0.2, 0.25) is 5.02 Å². The number of ether oxygens (including phenoxy) is 2. The second-order valence-electron chi connectivity index (χ2n) is 7.13. The van der Waals surface area contributed by atoms with Crippen LogP contribution in [0.3, 0.4) is 0 Å². The van der Waals surface area contributed by atoms with Crippen molar-refractivity contribution in [3.63, 3.8) is 0 Å². The van der Waals surface area contributed by atoms with E-state index in [1.807, 2.05) is 43.3 Å². The molecule has 0 atom stereocenters. The molecule has 158 valence electrons. The number of hydrogen-bond acceptors (Lipinski definition) is 3. The van der Waals surface area contributed by atoms with Gasteiger partial charge in [-0.15, -0.1) is 0 Å². The fraction of sp³-hybridized carbons (Fsp3) is 0.154. The molecule has 4 rings (SSSR count). The molecule has 0 aliphatic heterocycles. The molecule has 0 fully saturated rings. The summed E-state index contributed by atoms with van der Waals surface area (Å²) in [6.07, 6.45) is 0. The molecule has 0 spiro atoms. The maximum Gasteiger partial charge on any atom is 0.175 e. The average molecular weight is 497 g/mol. The molecule has 4 aromatic carbocycles. The highest BCUT2D eigenvalue weighted by Gasteiger charge is 2.13. The monoisotopic (exact) mass is 495 g/mol. The van der Waals surface area contributed by atoms with Crippen LogP contribution in [0, 0.1) is 0 Å². The summed E-state index contributed by atoms with van der Waals surface area (Å²) in [5.74, 6) is 1.44.